The first-order valence-electron chi connectivity index (χ1n) is 13.8. The topological polar surface area (TPSA) is 112 Å². The average Bonchev–Trinajstić information content (AvgIpc) is 3.36. The van der Waals surface area contributed by atoms with Crippen LogP contribution in [0.5, 0.6) is 0 Å². The van der Waals surface area contributed by atoms with Crippen molar-refractivity contribution < 1.29 is 27.3 Å². The molecule has 1 atom stereocenters. The minimum atomic E-state index is -3.85. The minimum Gasteiger partial charge on any atom is -0.310 e. The third-order valence-corrected chi connectivity index (χ3v) is 8.17. The molecule has 13 heteroatoms. The van der Waals surface area contributed by atoms with E-state index in [9.17, 15) is 13.8 Å². The number of hydrogen-bond donors (Lipinski definition) is 0. The summed E-state index contributed by atoms with van der Waals surface area (Å²) in [6, 6.07) is 6.78. The fourth-order valence-corrected chi connectivity index (χ4v) is 5.69. The Labute approximate surface area is 250 Å². The van der Waals surface area contributed by atoms with Gasteiger partial charge in [-0.2, -0.15) is 4.39 Å². The highest BCUT2D eigenvalue weighted by molar-refractivity contribution is 7.48. The van der Waals surface area contributed by atoms with Gasteiger partial charge in [-0.25, -0.2) is 14.5 Å². The number of likely N-dealkylation sites (N-methyl/N-ethyl adjacent to an activating group) is 2. The van der Waals surface area contributed by atoms with Crippen LogP contribution in [0.3, 0.4) is 0 Å². The first-order chi connectivity index (χ1) is 20.5. The van der Waals surface area contributed by atoms with Crippen LogP contribution >= 0.6 is 7.82 Å². The van der Waals surface area contributed by atoms with Crippen LogP contribution in [-0.2, 0) is 22.9 Å². The van der Waals surface area contributed by atoms with Crippen molar-refractivity contribution in [1.82, 2.24) is 24.4 Å². The van der Waals surface area contributed by atoms with E-state index in [-0.39, 0.29) is 19.1 Å². The van der Waals surface area contributed by atoms with E-state index in [0.717, 1.165) is 11.1 Å². The Morgan fingerprint density at radius 3 is 2.44 bits per heavy atom. The number of hydrogen-bond acceptors (Lipinski definition) is 9. The number of amides is 1. The molecule has 4 rings (SSSR count). The fourth-order valence-electron chi connectivity index (χ4n) is 4.39. The molecule has 1 amide bonds. The maximum Gasteiger partial charge on any atom is 0.476 e. The van der Waals surface area contributed by atoms with E-state index < -0.39 is 20.0 Å². The van der Waals surface area contributed by atoms with Crippen LogP contribution in [0.25, 0.3) is 33.3 Å². The first kappa shape index (κ1) is 32.1. The van der Waals surface area contributed by atoms with Crippen LogP contribution in [0.15, 0.2) is 67.4 Å². The number of fused-ring (bicyclic) bond motifs is 1. The normalized spacial score (nSPS) is 12.8. The van der Waals surface area contributed by atoms with Crippen LogP contribution < -0.4 is 4.90 Å². The number of carbonyl (C=O) groups excluding carboxylic acids is 1. The van der Waals surface area contributed by atoms with Crippen LogP contribution in [0.2, 0.25) is 0 Å². The van der Waals surface area contributed by atoms with Gasteiger partial charge in [0.25, 0.3) is 0 Å². The zero-order valence-corrected chi connectivity index (χ0v) is 26.0. The second kappa shape index (κ2) is 14.1. The van der Waals surface area contributed by atoms with E-state index in [1.165, 1.54) is 23.2 Å². The van der Waals surface area contributed by atoms with Gasteiger partial charge in [-0.3, -0.25) is 23.3 Å². The van der Waals surface area contributed by atoms with Gasteiger partial charge in [0, 0.05) is 72.6 Å². The number of carbonyl (C=O) groups is 1. The molecule has 0 aliphatic carbocycles. The molecule has 4 aromatic heterocycles. The predicted octanol–water partition coefficient (Wildman–Crippen LogP) is 6.10. The average molecular weight is 611 g/mol. The number of nitrogens with zero attached hydrogens (tertiary/aromatic N) is 6. The van der Waals surface area contributed by atoms with Crippen molar-refractivity contribution in [3.63, 3.8) is 0 Å². The first-order valence-corrected chi connectivity index (χ1v) is 15.3. The summed E-state index contributed by atoms with van der Waals surface area (Å²) < 4.78 is 45.4. The Morgan fingerprint density at radius 1 is 1.05 bits per heavy atom. The maximum absolute atomic E-state index is 14.2. The van der Waals surface area contributed by atoms with Gasteiger partial charge in [0.1, 0.15) is 11.9 Å². The molecule has 4 aromatic rings. The van der Waals surface area contributed by atoms with Gasteiger partial charge in [-0.15, -0.1) is 0 Å². The van der Waals surface area contributed by atoms with Gasteiger partial charge in [0.2, 0.25) is 11.9 Å². The third kappa shape index (κ3) is 7.78. The zero-order valence-electron chi connectivity index (χ0n) is 25.1. The molecule has 4 heterocycles. The Hall–Kier alpha value is -3.80. The van der Waals surface area contributed by atoms with Gasteiger partial charge in [0.15, 0.2) is 0 Å². The van der Waals surface area contributed by atoms with E-state index in [2.05, 4.69) is 9.97 Å². The monoisotopic (exact) mass is 610 g/mol. The Bertz CT molecular complexity index is 1650. The molecule has 0 N–H and O–H groups in total. The van der Waals surface area contributed by atoms with E-state index in [0.29, 0.717) is 34.4 Å². The molecule has 0 radical (unpaired) electrons. The van der Waals surface area contributed by atoms with Crippen molar-refractivity contribution in [2.45, 2.75) is 27.0 Å². The minimum absolute atomic E-state index is 0.139. The molecule has 0 fully saturated rings. The Balaban J connectivity index is 1.76. The molecule has 1 unspecified atom stereocenters. The van der Waals surface area contributed by atoms with Crippen molar-refractivity contribution in [2.24, 2.45) is 0 Å². The van der Waals surface area contributed by atoms with Crippen LogP contribution in [-0.4, -0.2) is 71.2 Å². The maximum atomic E-state index is 14.2. The second-order valence-electron chi connectivity index (χ2n) is 9.89. The largest absolute Gasteiger partial charge is 0.476 e. The quantitative estimate of drug-likeness (QED) is 0.101. The molecule has 228 valence electrons. The lowest BCUT2D eigenvalue weighted by Crippen LogP contribution is -2.24. The molecule has 0 saturated carbocycles. The number of aromatic nitrogens is 4. The highest BCUT2D eigenvalue weighted by atomic mass is 31.2. The SMILES string of the molecule is CCOP(=O)(OCC)OC(C)n1cc(-c2ccnc(F)c2)c2cc(-c3cncc(N(C)C(=O)C=CCN(C)C)c3)cnc21. The van der Waals surface area contributed by atoms with Gasteiger partial charge in [-0.1, -0.05) is 6.08 Å². The molecule has 43 heavy (non-hydrogen) atoms. The fraction of sp³-hybridized carbons (Fsp3) is 0.333. The molecule has 0 saturated heterocycles. The predicted molar refractivity (Wildman–Crippen MR) is 164 cm³/mol. The lowest BCUT2D eigenvalue weighted by molar-refractivity contribution is -0.113. The number of rotatable bonds is 13. The summed E-state index contributed by atoms with van der Waals surface area (Å²) >= 11 is 0. The summed E-state index contributed by atoms with van der Waals surface area (Å²) in [5.74, 6) is -0.813. The lowest BCUT2D eigenvalue weighted by Gasteiger charge is -2.22. The van der Waals surface area contributed by atoms with Gasteiger partial charge >= 0.3 is 7.82 Å². The van der Waals surface area contributed by atoms with Gasteiger partial charge in [-0.05, 0) is 58.6 Å². The van der Waals surface area contributed by atoms with E-state index in [1.807, 2.05) is 31.1 Å². The number of anilines is 1. The molecule has 0 aliphatic rings. The van der Waals surface area contributed by atoms with Gasteiger partial charge in [0.05, 0.1) is 25.1 Å². The highest BCUT2D eigenvalue weighted by Crippen LogP contribution is 2.52. The summed E-state index contributed by atoms with van der Waals surface area (Å²) in [5, 5.41) is 0.683. The Morgan fingerprint density at radius 2 is 1.77 bits per heavy atom. The molecule has 0 aliphatic heterocycles. The Kier molecular flexibility index (Phi) is 10.5. The van der Waals surface area contributed by atoms with Crippen molar-refractivity contribution in [1.29, 1.82) is 0 Å². The van der Waals surface area contributed by atoms with Crippen molar-refractivity contribution in [3.8, 4) is 22.3 Å². The highest BCUT2D eigenvalue weighted by Gasteiger charge is 2.30. The van der Waals surface area contributed by atoms with Crippen molar-refractivity contribution in [3.05, 3.63) is 73.3 Å². The molecule has 0 spiro atoms. The summed E-state index contributed by atoms with van der Waals surface area (Å²) in [7, 11) is 1.69. The smallest absolute Gasteiger partial charge is 0.310 e. The summed E-state index contributed by atoms with van der Waals surface area (Å²) in [6.07, 6.45) is 10.6. The number of phosphoric ester groups is 1. The number of phosphoric acid groups is 1. The third-order valence-electron chi connectivity index (χ3n) is 6.46. The van der Waals surface area contributed by atoms with Crippen molar-refractivity contribution in [2.75, 3.05) is 45.8 Å². The molecule has 0 bridgehead atoms. The lowest BCUT2D eigenvalue weighted by atomic mass is 10.0. The van der Waals surface area contributed by atoms with E-state index >= 15 is 0 Å². The molecule has 0 aromatic carbocycles. The van der Waals surface area contributed by atoms with Gasteiger partial charge < -0.3 is 14.4 Å². The standard InChI is InChI=1S/C30H36FN6O5P/c1-7-40-43(39,41-8-2)42-21(3)37-20-27(22-11-12-33-28(31)16-22)26-15-24(18-34-30(26)37)23-14-25(19-32-17-23)36(6)29(38)10-9-13-35(4)5/h9-12,14-21H,7-8,13H2,1-6H3. The van der Waals surface area contributed by atoms with Crippen molar-refractivity contribution >= 4 is 30.5 Å². The van der Waals surface area contributed by atoms with E-state index in [1.54, 1.807) is 69.3 Å². The van der Waals surface area contributed by atoms with E-state index in [4.69, 9.17) is 18.6 Å². The number of pyridine rings is 3. The van der Waals surface area contributed by atoms with Crippen LogP contribution in [0.1, 0.15) is 27.0 Å². The summed E-state index contributed by atoms with van der Waals surface area (Å²) in [5.41, 5.74) is 3.79. The second-order valence-corrected chi connectivity index (χ2v) is 11.5. The molecular formula is C30H36FN6O5P. The summed E-state index contributed by atoms with van der Waals surface area (Å²) in [6.45, 7) is 6.02. The molecule has 11 nitrogen and oxygen atoms in total. The zero-order chi connectivity index (χ0) is 31.1. The van der Waals surface area contributed by atoms with Crippen LogP contribution in [0, 0.1) is 5.95 Å². The summed E-state index contributed by atoms with van der Waals surface area (Å²) in [4.78, 5) is 28.9. The van der Waals surface area contributed by atoms with Crippen LogP contribution in [0.4, 0.5) is 10.1 Å². The molecular weight excluding hydrogens is 574 g/mol. The number of halogens is 1.